The molecule has 27 heavy (non-hydrogen) atoms. The van der Waals surface area contributed by atoms with Crippen molar-refractivity contribution in [2.75, 3.05) is 11.6 Å². The Labute approximate surface area is 159 Å². The monoisotopic (exact) mass is 389 g/mol. The molecule has 0 aliphatic carbocycles. The maximum atomic E-state index is 13.0. The van der Waals surface area contributed by atoms with Crippen molar-refractivity contribution in [1.82, 2.24) is 29.9 Å². The predicted octanol–water partition coefficient (Wildman–Crippen LogP) is 2.29. The molecule has 10 heteroatoms. The molecule has 2 N–H and O–H groups in total. The van der Waals surface area contributed by atoms with Gasteiger partial charge in [0.05, 0.1) is 12.4 Å². The summed E-state index contributed by atoms with van der Waals surface area (Å²) in [5, 5.41) is 11.8. The van der Waals surface area contributed by atoms with Gasteiger partial charge in [-0.25, -0.2) is 4.98 Å². The van der Waals surface area contributed by atoms with E-state index in [0.717, 1.165) is 10.2 Å². The SMILES string of the molecule is Cc1cnncc1-c1nc(N)n(C(=O)C(CCCl)Cc2ccc(F)nc2)n1. The standard InChI is InChI=1S/C17H17ClFN7O/c1-10-7-22-23-9-13(10)15-24-17(20)26(25-15)16(27)12(4-5-18)6-11-2-3-14(19)21-8-11/h2-3,7-9,12H,4-6H2,1H3,(H2,20,24,25). The second-order valence-electron chi connectivity index (χ2n) is 6.00. The summed E-state index contributed by atoms with van der Waals surface area (Å²) in [6.07, 6.45) is 5.22. The summed E-state index contributed by atoms with van der Waals surface area (Å²) in [7, 11) is 0. The van der Waals surface area contributed by atoms with Gasteiger partial charge >= 0.3 is 0 Å². The summed E-state index contributed by atoms with van der Waals surface area (Å²) in [6.45, 7) is 1.83. The molecule has 8 nitrogen and oxygen atoms in total. The number of alkyl halides is 1. The third kappa shape index (κ3) is 4.25. The molecule has 0 aliphatic heterocycles. The van der Waals surface area contributed by atoms with Crippen molar-refractivity contribution in [3.05, 3.63) is 47.8 Å². The number of nitrogens with two attached hydrogens (primary N) is 1. The number of halogens is 2. The molecule has 0 spiro atoms. The van der Waals surface area contributed by atoms with E-state index in [1.165, 1.54) is 18.5 Å². The Bertz CT molecular complexity index is 945. The molecule has 3 rings (SSSR count). The summed E-state index contributed by atoms with van der Waals surface area (Å²) < 4.78 is 14.1. The molecule has 0 aromatic carbocycles. The quantitative estimate of drug-likeness (QED) is 0.508. The third-order valence-electron chi connectivity index (χ3n) is 4.09. The largest absolute Gasteiger partial charge is 0.368 e. The summed E-state index contributed by atoms with van der Waals surface area (Å²) >= 11 is 5.86. The fourth-order valence-electron chi connectivity index (χ4n) is 2.65. The van der Waals surface area contributed by atoms with Crippen LogP contribution in [0.2, 0.25) is 0 Å². The summed E-state index contributed by atoms with van der Waals surface area (Å²) in [4.78, 5) is 20.7. The van der Waals surface area contributed by atoms with Gasteiger partial charge in [-0.05, 0) is 37.0 Å². The van der Waals surface area contributed by atoms with Gasteiger partial charge in [-0.2, -0.15) is 24.3 Å². The van der Waals surface area contributed by atoms with Gasteiger partial charge in [0.2, 0.25) is 11.9 Å². The van der Waals surface area contributed by atoms with Crippen LogP contribution in [-0.4, -0.2) is 41.7 Å². The lowest BCUT2D eigenvalue weighted by Crippen LogP contribution is -2.26. The first-order valence-electron chi connectivity index (χ1n) is 8.20. The van der Waals surface area contributed by atoms with Gasteiger partial charge < -0.3 is 5.73 Å². The molecule has 0 amide bonds. The fraction of sp³-hybridized carbons (Fsp3) is 0.294. The molecule has 0 saturated carbocycles. The van der Waals surface area contributed by atoms with Gasteiger partial charge in [0.25, 0.3) is 5.91 Å². The van der Waals surface area contributed by atoms with E-state index in [2.05, 4.69) is 25.3 Å². The van der Waals surface area contributed by atoms with Gasteiger partial charge in [-0.1, -0.05) is 6.07 Å². The molecule has 0 aliphatic rings. The summed E-state index contributed by atoms with van der Waals surface area (Å²) in [5.74, 6) is -0.867. The van der Waals surface area contributed by atoms with Crippen molar-refractivity contribution < 1.29 is 9.18 Å². The number of nitrogens with zero attached hydrogens (tertiary/aromatic N) is 6. The van der Waals surface area contributed by atoms with E-state index >= 15 is 0 Å². The summed E-state index contributed by atoms with van der Waals surface area (Å²) in [5.41, 5.74) is 8.08. The van der Waals surface area contributed by atoms with Crippen molar-refractivity contribution in [1.29, 1.82) is 0 Å². The number of carbonyl (C=O) groups excluding carboxylic acids is 1. The molecule has 1 atom stereocenters. The van der Waals surface area contributed by atoms with E-state index < -0.39 is 11.9 Å². The Balaban J connectivity index is 1.88. The number of rotatable bonds is 6. The molecule has 1 unspecified atom stereocenters. The maximum absolute atomic E-state index is 13.0. The zero-order chi connectivity index (χ0) is 19.4. The molecule has 3 heterocycles. The van der Waals surface area contributed by atoms with Gasteiger partial charge in [0.15, 0.2) is 5.82 Å². The molecular weight excluding hydrogens is 373 g/mol. The van der Waals surface area contributed by atoms with Crippen LogP contribution in [0.5, 0.6) is 0 Å². The molecular formula is C17H17ClFN7O. The van der Waals surface area contributed by atoms with Crippen molar-refractivity contribution in [3.8, 4) is 11.4 Å². The van der Waals surface area contributed by atoms with Gasteiger partial charge in [0, 0.05) is 23.6 Å². The lowest BCUT2D eigenvalue weighted by molar-refractivity contribution is 0.0816. The zero-order valence-corrected chi connectivity index (χ0v) is 15.3. The summed E-state index contributed by atoms with van der Waals surface area (Å²) in [6, 6.07) is 2.83. The van der Waals surface area contributed by atoms with E-state index in [4.69, 9.17) is 17.3 Å². The lowest BCUT2D eigenvalue weighted by Gasteiger charge is -2.14. The van der Waals surface area contributed by atoms with Crippen LogP contribution in [0.3, 0.4) is 0 Å². The minimum absolute atomic E-state index is 0.0250. The highest BCUT2D eigenvalue weighted by atomic mass is 35.5. The second kappa shape index (κ2) is 8.17. The Morgan fingerprint density at radius 3 is 2.74 bits per heavy atom. The number of nitrogen functional groups attached to an aromatic ring is 1. The van der Waals surface area contributed by atoms with E-state index in [0.29, 0.717) is 29.8 Å². The van der Waals surface area contributed by atoms with Crippen LogP contribution in [-0.2, 0) is 6.42 Å². The number of hydrogen-bond donors (Lipinski definition) is 1. The smallest absolute Gasteiger partial charge is 0.253 e. The minimum Gasteiger partial charge on any atom is -0.368 e. The highest BCUT2D eigenvalue weighted by Crippen LogP contribution is 2.21. The molecule has 3 aromatic heterocycles. The molecule has 0 fully saturated rings. The first-order chi connectivity index (χ1) is 13.0. The van der Waals surface area contributed by atoms with Crippen LogP contribution in [0.25, 0.3) is 11.4 Å². The highest BCUT2D eigenvalue weighted by molar-refractivity contribution is 6.18. The van der Waals surface area contributed by atoms with Gasteiger partial charge in [-0.15, -0.1) is 16.7 Å². The normalized spacial score (nSPS) is 12.1. The third-order valence-corrected chi connectivity index (χ3v) is 4.31. The van der Waals surface area contributed by atoms with Crippen LogP contribution in [0, 0.1) is 18.8 Å². The first-order valence-corrected chi connectivity index (χ1v) is 8.74. The van der Waals surface area contributed by atoms with E-state index in [1.807, 2.05) is 6.92 Å². The number of aromatic nitrogens is 6. The van der Waals surface area contributed by atoms with Crippen LogP contribution < -0.4 is 5.73 Å². The first kappa shape index (κ1) is 18.8. The molecule has 140 valence electrons. The number of hydrogen-bond acceptors (Lipinski definition) is 7. The van der Waals surface area contributed by atoms with Crippen LogP contribution >= 0.6 is 11.6 Å². The number of anilines is 1. The zero-order valence-electron chi connectivity index (χ0n) is 14.5. The molecule has 0 bridgehead atoms. The Morgan fingerprint density at radius 2 is 2.07 bits per heavy atom. The van der Waals surface area contributed by atoms with E-state index in [-0.39, 0.29) is 17.7 Å². The molecule has 0 saturated heterocycles. The van der Waals surface area contributed by atoms with Gasteiger partial charge in [-0.3, -0.25) is 4.79 Å². The van der Waals surface area contributed by atoms with Crippen molar-refractivity contribution in [3.63, 3.8) is 0 Å². The lowest BCUT2D eigenvalue weighted by atomic mass is 9.97. The van der Waals surface area contributed by atoms with Crippen molar-refractivity contribution >= 4 is 23.5 Å². The minimum atomic E-state index is -0.578. The van der Waals surface area contributed by atoms with E-state index in [9.17, 15) is 9.18 Å². The molecule has 0 radical (unpaired) electrons. The average molecular weight is 390 g/mol. The van der Waals surface area contributed by atoms with Crippen molar-refractivity contribution in [2.24, 2.45) is 5.92 Å². The average Bonchev–Trinajstić information content (AvgIpc) is 3.04. The van der Waals surface area contributed by atoms with E-state index in [1.54, 1.807) is 12.3 Å². The van der Waals surface area contributed by atoms with Crippen LogP contribution in [0.1, 0.15) is 22.3 Å². The Morgan fingerprint density at radius 1 is 1.30 bits per heavy atom. The highest BCUT2D eigenvalue weighted by Gasteiger charge is 2.25. The number of aryl methyl sites for hydroxylation is 1. The van der Waals surface area contributed by atoms with Crippen molar-refractivity contribution in [2.45, 2.75) is 19.8 Å². The number of pyridine rings is 1. The number of carbonyl (C=O) groups is 1. The molecule has 3 aromatic rings. The topological polar surface area (TPSA) is 112 Å². The fourth-order valence-corrected chi connectivity index (χ4v) is 2.91. The van der Waals surface area contributed by atoms with Crippen LogP contribution in [0.4, 0.5) is 10.3 Å². The Kier molecular flexibility index (Phi) is 5.70. The van der Waals surface area contributed by atoms with Gasteiger partial charge in [0.1, 0.15) is 0 Å². The van der Waals surface area contributed by atoms with Crippen LogP contribution in [0.15, 0.2) is 30.7 Å². The predicted molar refractivity (Wildman–Crippen MR) is 97.5 cm³/mol. The Hall–Kier alpha value is -2.94. The second-order valence-corrected chi connectivity index (χ2v) is 6.38. The maximum Gasteiger partial charge on any atom is 0.253 e.